The topological polar surface area (TPSA) is 38.9 Å². The van der Waals surface area contributed by atoms with Crippen LogP contribution < -0.4 is 5.73 Å². The molecular weight excluding hydrogens is 200 g/mol. The van der Waals surface area contributed by atoms with Gasteiger partial charge in [-0.3, -0.25) is 0 Å². The number of nitrogens with two attached hydrogens (primary N) is 1. The Balaban J connectivity index is 2.48. The van der Waals surface area contributed by atoms with Crippen LogP contribution in [0.25, 0.3) is 0 Å². The molecule has 4 heteroatoms. The number of hydrogen-bond donors (Lipinski definition) is 1. The van der Waals surface area contributed by atoms with Crippen molar-refractivity contribution in [1.29, 1.82) is 0 Å². The van der Waals surface area contributed by atoms with E-state index in [9.17, 15) is 0 Å². The SMILES string of the molecule is NC(Br)Cc1nccs1. The van der Waals surface area contributed by atoms with E-state index in [0.717, 1.165) is 11.4 Å². The lowest BCUT2D eigenvalue weighted by molar-refractivity contribution is 0.906. The molecule has 2 nitrogen and oxygen atoms in total. The molecule has 1 heterocycles. The van der Waals surface area contributed by atoms with Gasteiger partial charge in [-0.1, -0.05) is 15.9 Å². The van der Waals surface area contributed by atoms with E-state index in [1.54, 1.807) is 17.5 Å². The summed E-state index contributed by atoms with van der Waals surface area (Å²) in [5, 5.41) is 3.03. The van der Waals surface area contributed by atoms with Crippen LogP contribution in [0.3, 0.4) is 0 Å². The van der Waals surface area contributed by atoms with Crippen LogP contribution in [0.4, 0.5) is 0 Å². The molecule has 50 valence electrons. The van der Waals surface area contributed by atoms with E-state index in [2.05, 4.69) is 20.9 Å². The first kappa shape index (κ1) is 7.18. The minimum Gasteiger partial charge on any atom is -0.318 e. The standard InChI is InChI=1S/C5H7BrN2S/c6-4(7)3-5-8-1-2-9-5/h1-2,4H,3,7H2. The Morgan fingerprint density at radius 3 is 3.11 bits per heavy atom. The Morgan fingerprint density at radius 1 is 1.89 bits per heavy atom. The van der Waals surface area contributed by atoms with Crippen LogP contribution in [0.1, 0.15) is 5.01 Å². The number of halogens is 1. The molecule has 0 aliphatic carbocycles. The molecule has 0 bridgehead atoms. The molecule has 0 fully saturated rings. The molecule has 1 aromatic heterocycles. The zero-order valence-corrected chi connectivity index (χ0v) is 7.15. The number of alkyl halides is 1. The van der Waals surface area contributed by atoms with Gasteiger partial charge in [0.25, 0.3) is 0 Å². The first-order valence-corrected chi connectivity index (χ1v) is 4.36. The first-order valence-electron chi connectivity index (χ1n) is 2.57. The van der Waals surface area contributed by atoms with Crippen LogP contribution in [0.2, 0.25) is 0 Å². The van der Waals surface area contributed by atoms with Gasteiger partial charge in [0.15, 0.2) is 0 Å². The largest absolute Gasteiger partial charge is 0.318 e. The summed E-state index contributed by atoms with van der Waals surface area (Å²) in [5.41, 5.74) is 5.47. The monoisotopic (exact) mass is 206 g/mol. The van der Waals surface area contributed by atoms with Crippen LogP contribution in [0, 0.1) is 0 Å². The Morgan fingerprint density at radius 2 is 2.67 bits per heavy atom. The Kier molecular flexibility index (Phi) is 2.63. The summed E-state index contributed by atoms with van der Waals surface area (Å²) in [6.45, 7) is 0. The van der Waals surface area contributed by atoms with Gasteiger partial charge >= 0.3 is 0 Å². The van der Waals surface area contributed by atoms with Crippen molar-refractivity contribution in [2.75, 3.05) is 0 Å². The molecule has 1 rings (SSSR count). The molecule has 2 N–H and O–H groups in total. The van der Waals surface area contributed by atoms with E-state index in [1.165, 1.54) is 0 Å². The highest BCUT2D eigenvalue weighted by molar-refractivity contribution is 9.09. The van der Waals surface area contributed by atoms with Crippen LogP contribution in [-0.2, 0) is 6.42 Å². The summed E-state index contributed by atoms with van der Waals surface area (Å²) in [6.07, 6.45) is 2.60. The molecule has 0 aliphatic rings. The van der Waals surface area contributed by atoms with Gasteiger partial charge in [-0.15, -0.1) is 11.3 Å². The highest BCUT2D eigenvalue weighted by Gasteiger charge is 1.99. The number of hydrogen-bond acceptors (Lipinski definition) is 3. The average molecular weight is 207 g/mol. The Bertz CT molecular complexity index is 161. The van der Waals surface area contributed by atoms with Gasteiger partial charge in [0, 0.05) is 18.0 Å². The third kappa shape index (κ3) is 2.43. The smallest absolute Gasteiger partial charge is 0.0948 e. The number of rotatable bonds is 2. The number of aromatic nitrogens is 1. The van der Waals surface area contributed by atoms with Crippen LogP contribution >= 0.6 is 27.3 Å². The van der Waals surface area contributed by atoms with E-state index < -0.39 is 0 Å². The minimum absolute atomic E-state index is 0.0450. The average Bonchev–Trinajstić information content (AvgIpc) is 2.15. The second-order valence-electron chi connectivity index (χ2n) is 1.65. The highest BCUT2D eigenvalue weighted by atomic mass is 79.9. The Labute approximate surface area is 66.2 Å². The fourth-order valence-electron chi connectivity index (χ4n) is 0.521. The summed E-state index contributed by atoms with van der Waals surface area (Å²) < 4.78 is 0. The molecule has 1 atom stereocenters. The van der Waals surface area contributed by atoms with Crippen molar-refractivity contribution < 1.29 is 0 Å². The zero-order chi connectivity index (χ0) is 6.69. The van der Waals surface area contributed by atoms with E-state index in [1.807, 2.05) is 5.38 Å². The maximum atomic E-state index is 5.47. The van der Waals surface area contributed by atoms with Gasteiger partial charge < -0.3 is 5.73 Å². The van der Waals surface area contributed by atoms with Crippen molar-refractivity contribution in [2.45, 2.75) is 11.4 Å². The molecule has 0 saturated carbocycles. The second-order valence-corrected chi connectivity index (χ2v) is 3.80. The molecule has 0 aliphatic heterocycles. The normalized spacial score (nSPS) is 13.6. The quantitative estimate of drug-likeness (QED) is 0.587. The molecule has 0 aromatic carbocycles. The first-order chi connectivity index (χ1) is 4.29. The summed E-state index contributed by atoms with van der Waals surface area (Å²) in [4.78, 5) is 4.11. The fraction of sp³-hybridized carbons (Fsp3) is 0.400. The van der Waals surface area contributed by atoms with Crippen molar-refractivity contribution in [1.82, 2.24) is 4.98 Å². The number of nitrogens with zero attached hydrogens (tertiary/aromatic N) is 1. The number of thiazole rings is 1. The van der Waals surface area contributed by atoms with Crippen molar-refractivity contribution in [3.63, 3.8) is 0 Å². The van der Waals surface area contributed by atoms with Crippen molar-refractivity contribution in [3.05, 3.63) is 16.6 Å². The van der Waals surface area contributed by atoms with Crippen LogP contribution in [0.15, 0.2) is 11.6 Å². The van der Waals surface area contributed by atoms with Gasteiger partial charge in [0.2, 0.25) is 0 Å². The predicted molar refractivity (Wildman–Crippen MR) is 42.7 cm³/mol. The lowest BCUT2D eigenvalue weighted by Gasteiger charge is -1.96. The van der Waals surface area contributed by atoms with Crippen LogP contribution in [0.5, 0.6) is 0 Å². The predicted octanol–water partition coefficient (Wildman–Crippen LogP) is 1.37. The molecule has 1 aromatic rings. The summed E-state index contributed by atoms with van der Waals surface area (Å²) in [5.74, 6) is 0. The van der Waals surface area contributed by atoms with Gasteiger partial charge in [0.1, 0.15) is 0 Å². The second kappa shape index (κ2) is 3.29. The fourth-order valence-corrected chi connectivity index (χ4v) is 1.72. The van der Waals surface area contributed by atoms with Gasteiger partial charge in [-0.25, -0.2) is 4.98 Å². The molecule has 0 amide bonds. The third-order valence-corrected chi connectivity index (χ3v) is 1.98. The highest BCUT2D eigenvalue weighted by Crippen LogP contribution is 2.08. The molecule has 0 spiro atoms. The van der Waals surface area contributed by atoms with E-state index in [0.29, 0.717) is 0 Å². The lowest BCUT2D eigenvalue weighted by Crippen LogP contribution is -2.13. The summed E-state index contributed by atoms with van der Waals surface area (Å²) >= 11 is 4.87. The molecular formula is C5H7BrN2S. The van der Waals surface area contributed by atoms with Crippen molar-refractivity contribution in [3.8, 4) is 0 Å². The van der Waals surface area contributed by atoms with Crippen LogP contribution in [-0.4, -0.2) is 9.94 Å². The molecule has 0 saturated heterocycles. The van der Waals surface area contributed by atoms with E-state index in [-0.39, 0.29) is 4.95 Å². The molecule has 0 radical (unpaired) electrons. The maximum Gasteiger partial charge on any atom is 0.0948 e. The minimum atomic E-state index is 0.0450. The van der Waals surface area contributed by atoms with Gasteiger partial charge in [-0.05, 0) is 0 Å². The molecule has 9 heavy (non-hydrogen) atoms. The van der Waals surface area contributed by atoms with E-state index in [4.69, 9.17) is 5.73 Å². The molecule has 1 unspecified atom stereocenters. The summed E-state index contributed by atoms with van der Waals surface area (Å²) in [7, 11) is 0. The van der Waals surface area contributed by atoms with Gasteiger partial charge in [-0.2, -0.15) is 0 Å². The third-order valence-electron chi connectivity index (χ3n) is 0.853. The van der Waals surface area contributed by atoms with Crippen molar-refractivity contribution in [2.24, 2.45) is 5.73 Å². The van der Waals surface area contributed by atoms with Gasteiger partial charge in [0.05, 0.1) is 9.96 Å². The Hall–Kier alpha value is 0.0700. The summed E-state index contributed by atoms with van der Waals surface area (Å²) in [6, 6.07) is 0. The van der Waals surface area contributed by atoms with E-state index >= 15 is 0 Å². The lowest BCUT2D eigenvalue weighted by atomic mass is 10.5. The zero-order valence-electron chi connectivity index (χ0n) is 4.75. The maximum absolute atomic E-state index is 5.47. The van der Waals surface area contributed by atoms with Crippen molar-refractivity contribution >= 4 is 27.3 Å².